The number of carboxylic acid groups (broad SMARTS) is 1. The summed E-state index contributed by atoms with van der Waals surface area (Å²) < 4.78 is 15.5. The van der Waals surface area contributed by atoms with Crippen LogP contribution < -0.4 is 5.32 Å². The third-order valence-electron chi connectivity index (χ3n) is 3.38. The van der Waals surface area contributed by atoms with Crippen molar-refractivity contribution < 1.29 is 44.2 Å². The van der Waals surface area contributed by atoms with Crippen LogP contribution in [0, 0.1) is 0 Å². The Morgan fingerprint density at radius 1 is 1.38 bits per heavy atom. The van der Waals surface area contributed by atoms with Gasteiger partial charge in [-0.05, 0) is 6.08 Å². The Hall–Kier alpha value is -1.72. The Balaban J connectivity index is 3.10. The zero-order valence-corrected chi connectivity index (χ0v) is 13.4. The van der Waals surface area contributed by atoms with E-state index in [1.54, 1.807) is 0 Å². The average molecular weight is 349 g/mol. The highest BCUT2D eigenvalue weighted by molar-refractivity contribution is 5.84. The standard InChI is InChI=1S/C14H23NO9/c1-7(17)15-11-9(23-4-3-22-2)5-10(14(20)21)24-13(11)12(19)8(18)6-16/h5,8-9,11-13,16,18-19H,3-4,6H2,1-2H3,(H,15,17)(H,20,21)/t8?,9-,11+,12+,13+/m0/s1. The Morgan fingerprint density at radius 2 is 2.04 bits per heavy atom. The summed E-state index contributed by atoms with van der Waals surface area (Å²) in [5.41, 5.74) is 0. The van der Waals surface area contributed by atoms with Crippen LogP contribution in [0.25, 0.3) is 0 Å². The Labute approximate surface area is 138 Å². The van der Waals surface area contributed by atoms with Gasteiger partial charge in [-0.3, -0.25) is 4.79 Å². The van der Waals surface area contributed by atoms with Crippen molar-refractivity contribution in [2.24, 2.45) is 0 Å². The highest BCUT2D eigenvalue weighted by Crippen LogP contribution is 2.24. The van der Waals surface area contributed by atoms with Gasteiger partial charge in [0.1, 0.15) is 18.3 Å². The summed E-state index contributed by atoms with van der Waals surface area (Å²) in [5, 5.41) is 40.4. The zero-order chi connectivity index (χ0) is 18.3. The molecule has 1 aliphatic rings. The van der Waals surface area contributed by atoms with Crippen molar-refractivity contribution in [3.05, 3.63) is 11.8 Å². The second-order valence-corrected chi connectivity index (χ2v) is 5.21. The SMILES string of the molecule is COCCO[C@H]1C=C(C(=O)O)O[C@@H]([C@H](O)C(O)CO)[C@@H]1NC(C)=O. The van der Waals surface area contributed by atoms with Crippen LogP contribution in [0.2, 0.25) is 0 Å². The number of carboxylic acids is 1. The first-order chi connectivity index (χ1) is 11.3. The lowest BCUT2D eigenvalue weighted by Crippen LogP contribution is -2.60. The van der Waals surface area contributed by atoms with Crippen LogP contribution in [0.15, 0.2) is 11.8 Å². The number of amides is 1. The predicted molar refractivity (Wildman–Crippen MR) is 78.9 cm³/mol. The fourth-order valence-corrected chi connectivity index (χ4v) is 2.25. The molecule has 1 heterocycles. The van der Waals surface area contributed by atoms with Crippen LogP contribution in [-0.2, 0) is 23.8 Å². The number of aliphatic carboxylic acids is 1. The van der Waals surface area contributed by atoms with Gasteiger partial charge < -0.3 is 40.0 Å². The van der Waals surface area contributed by atoms with Crippen molar-refractivity contribution in [3.63, 3.8) is 0 Å². The van der Waals surface area contributed by atoms with E-state index in [1.165, 1.54) is 14.0 Å². The number of ether oxygens (including phenoxy) is 3. The second kappa shape index (κ2) is 9.55. The number of aliphatic hydroxyl groups is 3. The van der Waals surface area contributed by atoms with Crippen LogP contribution in [0.1, 0.15) is 6.92 Å². The van der Waals surface area contributed by atoms with Crippen molar-refractivity contribution in [2.45, 2.75) is 37.4 Å². The molecule has 0 saturated carbocycles. The fourth-order valence-electron chi connectivity index (χ4n) is 2.25. The summed E-state index contributed by atoms with van der Waals surface area (Å²) >= 11 is 0. The quantitative estimate of drug-likeness (QED) is 0.287. The van der Waals surface area contributed by atoms with Crippen molar-refractivity contribution >= 4 is 11.9 Å². The number of hydrogen-bond donors (Lipinski definition) is 5. The summed E-state index contributed by atoms with van der Waals surface area (Å²) in [6.07, 6.45) is -4.34. The average Bonchev–Trinajstić information content (AvgIpc) is 2.54. The van der Waals surface area contributed by atoms with Gasteiger partial charge in [-0.25, -0.2) is 4.79 Å². The van der Waals surface area contributed by atoms with E-state index in [-0.39, 0.29) is 13.2 Å². The topological polar surface area (TPSA) is 155 Å². The predicted octanol–water partition coefficient (Wildman–Crippen LogP) is -2.40. The normalized spacial score (nSPS) is 26.0. The molecule has 5 atom stereocenters. The minimum atomic E-state index is -1.65. The lowest BCUT2D eigenvalue weighted by atomic mass is 9.93. The first kappa shape index (κ1) is 20.3. The zero-order valence-electron chi connectivity index (χ0n) is 13.4. The number of rotatable bonds is 9. The lowest BCUT2D eigenvalue weighted by Gasteiger charge is -2.39. The molecule has 24 heavy (non-hydrogen) atoms. The number of carbonyl (C=O) groups excluding carboxylic acids is 1. The number of aliphatic hydroxyl groups excluding tert-OH is 3. The molecular formula is C14H23NO9. The summed E-state index contributed by atoms with van der Waals surface area (Å²) in [6.45, 7) is 0.794. The molecule has 0 aliphatic carbocycles. The van der Waals surface area contributed by atoms with Gasteiger partial charge in [0.05, 0.1) is 25.9 Å². The fraction of sp³-hybridized carbons (Fsp3) is 0.714. The van der Waals surface area contributed by atoms with Crippen LogP contribution in [-0.4, -0.2) is 89.7 Å². The number of methoxy groups -OCH3 is 1. The van der Waals surface area contributed by atoms with Crippen LogP contribution in [0.3, 0.4) is 0 Å². The van der Waals surface area contributed by atoms with Gasteiger partial charge >= 0.3 is 5.97 Å². The molecule has 1 rings (SSSR count). The van der Waals surface area contributed by atoms with Gasteiger partial charge in [0.2, 0.25) is 11.7 Å². The maximum atomic E-state index is 11.4. The summed E-state index contributed by atoms with van der Waals surface area (Å²) in [4.78, 5) is 22.6. The van der Waals surface area contributed by atoms with Crippen LogP contribution in [0.5, 0.6) is 0 Å². The van der Waals surface area contributed by atoms with Gasteiger partial charge in [-0.2, -0.15) is 0 Å². The number of hydrogen-bond acceptors (Lipinski definition) is 8. The monoisotopic (exact) mass is 349 g/mol. The van der Waals surface area contributed by atoms with Crippen LogP contribution >= 0.6 is 0 Å². The van der Waals surface area contributed by atoms with Crippen LogP contribution in [0.4, 0.5) is 0 Å². The molecule has 5 N–H and O–H groups in total. The molecule has 0 aromatic carbocycles. The van der Waals surface area contributed by atoms with Gasteiger partial charge in [0.15, 0.2) is 6.10 Å². The second-order valence-electron chi connectivity index (χ2n) is 5.21. The van der Waals surface area contributed by atoms with Crippen molar-refractivity contribution in [1.29, 1.82) is 0 Å². The van der Waals surface area contributed by atoms with E-state index in [9.17, 15) is 19.8 Å². The Bertz CT molecular complexity index is 467. The van der Waals surface area contributed by atoms with E-state index >= 15 is 0 Å². The third-order valence-corrected chi connectivity index (χ3v) is 3.38. The number of carbonyl (C=O) groups is 2. The van der Waals surface area contributed by atoms with Crippen molar-refractivity contribution in [2.75, 3.05) is 26.9 Å². The first-order valence-electron chi connectivity index (χ1n) is 7.28. The smallest absolute Gasteiger partial charge is 0.370 e. The summed E-state index contributed by atoms with van der Waals surface area (Å²) in [7, 11) is 1.46. The van der Waals surface area contributed by atoms with Crippen molar-refractivity contribution in [1.82, 2.24) is 5.32 Å². The van der Waals surface area contributed by atoms with Gasteiger partial charge in [0, 0.05) is 14.0 Å². The highest BCUT2D eigenvalue weighted by atomic mass is 16.5. The molecule has 0 spiro atoms. The van der Waals surface area contributed by atoms with E-state index in [1.807, 2.05) is 0 Å². The van der Waals surface area contributed by atoms with E-state index in [2.05, 4.69) is 5.32 Å². The molecule has 1 amide bonds. The largest absolute Gasteiger partial charge is 0.478 e. The summed E-state index contributed by atoms with van der Waals surface area (Å²) in [5.74, 6) is -2.35. The molecule has 0 aromatic heterocycles. The van der Waals surface area contributed by atoms with Gasteiger partial charge in [0.25, 0.3) is 0 Å². The molecule has 1 unspecified atom stereocenters. The van der Waals surface area contributed by atoms with E-state index < -0.39 is 54.7 Å². The molecule has 0 fully saturated rings. The minimum absolute atomic E-state index is 0.103. The molecular weight excluding hydrogens is 326 g/mol. The first-order valence-corrected chi connectivity index (χ1v) is 7.28. The van der Waals surface area contributed by atoms with Gasteiger partial charge in [-0.15, -0.1) is 0 Å². The number of nitrogens with one attached hydrogen (secondary N) is 1. The Morgan fingerprint density at radius 3 is 2.54 bits per heavy atom. The molecule has 0 saturated heterocycles. The molecule has 0 aromatic rings. The van der Waals surface area contributed by atoms with Gasteiger partial charge in [-0.1, -0.05) is 0 Å². The van der Waals surface area contributed by atoms with Crippen molar-refractivity contribution in [3.8, 4) is 0 Å². The minimum Gasteiger partial charge on any atom is -0.478 e. The molecule has 10 nitrogen and oxygen atoms in total. The molecule has 138 valence electrons. The molecule has 0 bridgehead atoms. The molecule has 0 radical (unpaired) electrons. The van der Waals surface area contributed by atoms with E-state index in [0.717, 1.165) is 6.08 Å². The summed E-state index contributed by atoms with van der Waals surface area (Å²) in [6, 6.07) is -0.973. The maximum Gasteiger partial charge on any atom is 0.370 e. The third kappa shape index (κ3) is 5.42. The maximum absolute atomic E-state index is 11.4. The molecule has 1 aliphatic heterocycles. The highest BCUT2D eigenvalue weighted by Gasteiger charge is 2.44. The Kier molecular flexibility index (Phi) is 8.08. The molecule has 10 heteroatoms. The van der Waals surface area contributed by atoms with E-state index in [4.69, 9.17) is 24.4 Å². The van der Waals surface area contributed by atoms with E-state index in [0.29, 0.717) is 0 Å². The lowest BCUT2D eigenvalue weighted by molar-refractivity contribution is -0.152.